The van der Waals surface area contributed by atoms with Crippen LogP contribution in [0.25, 0.3) is 11.1 Å². The summed E-state index contributed by atoms with van der Waals surface area (Å²) in [5.74, 6) is -0.201. The summed E-state index contributed by atoms with van der Waals surface area (Å²) in [4.78, 5) is 14.9. The largest absolute Gasteiger partial charge is 0.381 e. The van der Waals surface area contributed by atoms with Crippen LogP contribution >= 0.6 is 0 Å². The predicted molar refractivity (Wildman–Crippen MR) is 124 cm³/mol. The Hall–Kier alpha value is -2.29. The van der Waals surface area contributed by atoms with E-state index < -0.39 is 6.29 Å². The topological polar surface area (TPSA) is 65.8 Å². The SMILES string of the molecule is COC(CN(C(=O)CCOCCc1ccc(F)c(-c2cnn(C)c2)c1)C1CCCCC1)OC. The van der Waals surface area contributed by atoms with Gasteiger partial charge in [-0.25, -0.2) is 4.39 Å². The van der Waals surface area contributed by atoms with Gasteiger partial charge in [0.05, 0.1) is 32.4 Å². The molecular weight excluding hydrogens is 425 g/mol. The second-order valence-electron chi connectivity index (χ2n) is 8.57. The van der Waals surface area contributed by atoms with Gasteiger partial charge in [0.15, 0.2) is 6.29 Å². The molecule has 2 aromatic rings. The maximum Gasteiger partial charge on any atom is 0.225 e. The molecule has 0 unspecified atom stereocenters. The fraction of sp³-hybridized carbons (Fsp3) is 0.600. The predicted octanol–water partition coefficient (Wildman–Crippen LogP) is 3.96. The number of amides is 1. The molecule has 0 saturated heterocycles. The van der Waals surface area contributed by atoms with E-state index in [9.17, 15) is 9.18 Å². The first-order valence-corrected chi connectivity index (χ1v) is 11.7. The molecule has 0 atom stereocenters. The summed E-state index contributed by atoms with van der Waals surface area (Å²) >= 11 is 0. The monoisotopic (exact) mass is 461 g/mol. The van der Waals surface area contributed by atoms with Crippen molar-refractivity contribution in [2.45, 2.75) is 57.3 Å². The van der Waals surface area contributed by atoms with Crippen molar-refractivity contribution in [3.05, 3.63) is 42.0 Å². The molecule has 1 saturated carbocycles. The number of nitrogens with zero attached hydrogens (tertiary/aromatic N) is 3. The van der Waals surface area contributed by atoms with Crippen molar-refractivity contribution in [3.8, 4) is 11.1 Å². The Morgan fingerprint density at radius 1 is 1.21 bits per heavy atom. The summed E-state index contributed by atoms with van der Waals surface area (Å²) in [6.07, 6.45) is 9.55. The summed E-state index contributed by atoms with van der Waals surface area (Å²) in [5, 5.41) is 4.12. The molecule has 1 amide bonds. The average molecular weight is 462 g/mol. The minimum atomic E-state index is -0.427. The van der Waals surface area contributed by atoms with E-state index in [1.165, 1.54) is 12.5 Å². The van der Waals surface area contributed by atoms with Crippen LogP contribution in [0.15, 0.2) is 30.6 Å². The molecule has 1 aromatic carbocycles. The lowest BCUT2D eigenvalue weighted by Crippen LogP contribution is -2.46. The molecule has 8 heteroatoms. The van der Waals surface area contributed by atoms with E-state index in [0.29, 0.717) is 38.2 Å². The van der Waals surface area contributed by atoms with Gasteiger partial charge in [0.2, 0.25) is 5.91 Å². The van der Waals surface area contributed by atoms with Crippen molar-refractivity contribution in [2.24, 2.45) is 7.05 Å². The number of ether oxygens (including phenoxy) is 3. The highest BCUT2D eigenvalue weighted by Crippen LogP contribution is 2.25. The van der Waals surface area contributed by atoms with Crippen LogP contribution in [-0.2, 0) is 32.5 Å². The van der Waals surface area contributed by atoms with Crippen LogP contribution in [0.4, 0.5) is 4.39 Å². The van der Waals surface area contributed by atoms with Crippen LogP contribution in [0.3, 0.4) is 0 Å². The van der Waals surface area contributed by atoms with Crippen LogP contribution < -0.4 is 0 Å². The number of aromatic nitrogens is 2. The van der Waals surface area contributed by atoms with Gasteiger partial charge in [0.1, 0.15) is 5.82 Å². The fourth-order valence-corrected chi connectivity index (χ4v) is 4.36. The number of carbonyl (C=O) groups is 1. The highest BCUT2D eigenvalue weighted by Gasteiger charge is 2.27. The normalized spacial score (nSPS) is 14.7. The van der Waals surface area contributed by atoms with E-state index in [-0.39, 0.29) is 17.8 Å². The van der Waals surface area contributed by atoms with Gasteiger partial charge in [0.25, 0.3) is 0 Å². The summed E-state index contributed by atoms with van der Waals surface area (Å²) in [7, 11) is 4.99. The van der Waals surface area contributed by atoms with Crippen molar-refractivity contribution < 1.29 is 23.4 Å². The van der Waals surface area contributed by atoms with Crippen LogP contribution in [0.2, 0.25) is 0 Å². The van der Waals surface area contributed by atoms with E-state index in [1.54, 1.807) is 44.4 Å². The van der Waals surface area contributed by atoms with Crippen LogP contribution in [-0.4, -0.2) is 66.9 Å². The summed E-state index contributed by atoms with van der Waals surface area (Å²) in [5.41, 5.74) is 2.26. The summed E-state index contributed by atoms with van der Waals surface area (Å²) < 4.78 is 32.3. The minimum Gasteiger partial charge on any atom is -0.381 e. The molecule has 3 rings (SSSR count). The zero-order valence-corrected chi connectivity index (χ0v) is 20.0. The molecule has 0 bridgehead atoms. The molecular formula is C25H36FN3O4. The number of benzene rings is 1. The molecule has 7 nitrogen and oxygen atoms in total. The number of rotatable bonds is 12. The lowest BCUT2D eigenvalue weighted by atomic mass is 9.94. The van der Waals surface area contributed by atoms with E-state index in [0.717, 1.165) is 36.8 Å². The standard InChI is InChI=1S/C25H36FN3O4/c1-28-17-20(16-27-28)22-15-19(9-10-23(22)26)11-13-33-14-12-24(30)29(18-25(31-2)32-3)21-7-5-4-6-8-21/h9-10,15-17,21,25H,4-8,11-14,18H2,1-3H3. The molecule has 1 aliphatic rings. The number of halogens is 1. The second kappa shape index (κ2) is 12.8. The number of carbonyl (C=O) groups excluding carboxylic acids is 1. The highest BCUT2D eigenvalue weighted by atomic mass is 19.1. The molecule has 0 aliphatic heterocycles. The van der Waals surface area contributed by atoms with Gasteiger partial charge in [0, 0.05) is 44.6 Å². The molecule has 0 N–H and O–H groups in total. The molecule has 1 fully saturated rings. The third-order valence-electron chi connectivity index (χ3n) is 6.25. The first-order valence-electron chi connectivity index (χ1n) is 11.7. The van der Waals surface area contributed by atoms with Crippen molar-refractivity contribution in [3.63, 3.8) is 0 Å². The van der Waals surface area contributed by atoms with Gasteiger partial charge < -0.3 is 19.1 Å². The highest BCUT2D eigenvalue weighted by molar-refractivity contribution is 5.76. The molecule has 1 aliphatic carbocycles. The second-order valence-corrected chi connectivity index (χ2v) is 8.57. The summed E-state index contributed by atoms with van der Waals surface area (Å²) in [6, 6.07) is 5.32. The first kappa shape index (κ1) is 25.3. The Bertz CT molecular complexity index is 878. The van der Waals surface area contributed by atoms with Crippen molar-refractivity contribution >= 4 is 5.91 Å². The molecule has 1 heterocycles. The molecule has 182 valence electrons. The third-order valence-corrected chi connectivity index (χ3v) is 6.25. The number of methoxy groups -OCH3 is 2. The van der Waals surface area contributed by atoms with Gasteiger partial charge in [-0.2, -0.15) is 5.10 Å². The molecule has 1 aromatic heterocycles. The van der Waals surface area contributed by atoms with Crippen molar-refractivity contribution in [2.75, 3.05) is 34.0 Å². The van der Waals surface area contributed by atoms with Gasteiger partial charge in [-0.05, 0) is 37.0 Å². The zero-order chi connectivity index (χ0) is 23.6. The van der Waals surface area contributed by atoms with Crippen molar-refractivity contribution in [1.82, 2.24) is 14.7 Å². The fourth-order valence-electron chi connectivity index (χ4n) is 4.36. The molecule has 0 spiro atoms. The van der Waals surface area contributed by atoms with E-state index in [1.807, 2.05) is 11.0 Å². The van der Waals surface area contributed by atoms with Crippen LogP contribution in [0.5, 0.6) is 0 Å². The Morgan fingerprint density at radius 3 is 2.64 bits per heavy atom. The van der Waals surface area contributed by atoms with E-state index in [4.69, 9.17) is 14.2 Å². The molecule has 0 radical (unpaired) electrons. The van der Waals surface area contributed by atoms with Crippen LogP contribution in [0.1, 0.15) is 44.1 Å². The smallest absolute Gasteiger partial charge is 0.225 e. The maximum absolute atomic E-state index is 14.2. The van der Waals surface area contributed by atoms with E-state index in [2.05, 4.69) is 5.10 Å². The Balaban J connectivity index is 1.48. The van der Waals surface area contributed by atoms with Crippen molar-refractivity contribution in [1.29, 1.82) is 0 Å². The number of hydrogen-bond acceptors (Lipinski definition) is 5. The quantitative estimate of drug-likeness (QED) is 0.354. The average Bonchev–Trinajstić information content (AvgIpc) is 3.27. The Labute approximate surface area is 195 Å². The van der Waals surface area contributed by atoms with Crippen LogP contribution in [0, 0.1) is 5.82 Å². The lowest BCUT2D eigenvalue weighted by molar-refractivity contribution is -0.151. The zero-order valence-electron chi connectivity index (χ0n) is 20.0. The molecule has 33 heavy (non-hydrogen) atoms. The Morgan fingerprint density at radius 2 is 1.97 bits per heavy atom. The van der Waals surface area contributed by atoms with Gasteiger partial charge in [-0.15, -0.1) is 0 Å². The maximum atomic E-state index is 14.2. The van der Waals surface area contributed by atoms with Gasteiger partial charge >= 0.3 is 0 Å². The van der Waals surface area contributed by atoms with Gasteiger partial charge in [-0.1, -0.05) is 25.3 Å². The lowest BCUT2D eigenvalue weighted by Gasteiger charge is -2.36. The van der Waals surface area contributed by atoms with E-state index >= 15 is 0 Å². The minimum absolute atomic E-state index is 0.0710. The van der Waals surface area contributed by atoms with Gasteiger partial charge in [-0.3, -0.25) is 9.48 Å². The third kappa shape index (κ3) is 7.35. The summed E-state index contributed by atoms with van der Waals surface area (Å²) in [6.45, 7) is 1.25. The number of hydrogen-bond donors (Lipinski definition) is 0. The first-order chi connectivity index (χ1) is 16.0. The number of aryl methyl sites for hydroxylation is 1. The Kier molecular flexibility index (Phi) is 9.84.